The molecule has 106 valence electrons. The van der Waals surface area contributed by atoms with Crippen molar-refractivity contribution >= 4 is 28.5 Å². The van der Waals surface area contributed by atoms with Gasteiger partial charge in [0, 0.05) is 0 Å². The van der Waals surface area contributed by atoms with Gasteiger partial charge < -0.3 is 0 Å². The van der Waals surface area contributed by atoms with Crippen molar-refractivity contribution in [1.29, 1.82) is 0 Å². The molecule has 0 bridgehead atoms. The van der Waals surface area contributed by atoms with Gasteiger partial charge in [-0.05, 0) is 0 Å². The van der Waals surface area contributed by atoms with Gasteiger partial charge in [0.15, 0.2) is 0 Å². The standard InChI is InChI=1S/C17H20OSSe/c1-10-6-15(7-11(2)14(10)5)19-20-16-8-12(3)17(18)13(4)9-16/h6-9,18H,1-5H3. The van der Waals surface area contributed by atoms with Crippen LogP contribution in [-0.2, 0) is 0 Å². The quantitative estimate of drug-likeness (QED) is 0.845. The normalized spacial score (nSPS) is 10.8. The molecule has 0 heterocycles. The van der Waals surface area contributed by atoms with E-state index in [0.29, 0.717) is 19.6 Å². The number of hydrogen-bond acceptors (Lipinski definition) is 2. The van der Waals surface area contributed by atoms with E-state index in [2.05, 4.69) is 45.0 Å². The van der Waals surface area contributed by atoms with E-state index in [1.54, 1.807) is 0 Å². The Morgan fingerprint density at radius 3 is 1.80 bits per heavy atom. The van der Waals surface area contributed by atoms with Crippen LogP contribution in [0.25, 0.3) is 0 Å². The summed E-state index contributed by atoms with van der Waals surface area (Å²) in [5.74, 6) is 0.427. The zero-order valence-electron chi connectivity index (χ0n) is 12.6. The first-order chi connectivity index (χ1) is 9.38. The van der Waals surface area contributed by atoms with Gasteiger partial charge in [-0.2, -0.15) is 0 Å². The van der Waals surface area contributed by atoms with Crippen molar-refractivity contribution in [2.45, 2.75) is 39.5 Å². The molecule has 0 saturated heterocycles. The fourth-order valence-electron chi connectivity index (χ4n) is 2.10. The molecule has 0 aliphatic rings. The molecule has 0 atom stereocenters. The van der Waals surface area contributed by atoms with Gasteiger partial charge in [0.05, 0.1) is 0 Å². The van der Waals surface area contributed by atoms with Crippen LogP contribution >= 0.6 is 10.2 Å². The third kappa shape index (κ3) is 3.41. The number of aryl methyl sites for hydroxylation is 4. The van der Waals surface area contributed by atoms with Crippen LogP contribution in [0.5, 0.6) is 5.75 Å². The maximum atomic E-state index is 9.82. The fourth-order valence-corrected chi connectivity index (χ4v) is 6.01. The van der Waals surface area contributed by atoms with Gasteiger partial charge in [0.1, 0.15) is 0 Å². The molecule has 1 nitrogen and oxygen atoms in total. The van der Waals surface area contributed by atoms with Crippen LogP contribution in [0, 0.1) is 34.6 Å². The second kappa shape index (κ2) is 6.26. The Morgan fingerprint density at radius 1 is 0.800 bits per heavy atom. The maximum absolute atomic E-state index is 9.82. The van der Waals surface area contributed by atoms with Gasteiger partial charge in [0.2, 0.25) is 0 Å². The van der Waals surface area contributed by atoms with Gasteiger partial charge in [-0.1, -0.05) is 0 Å². The Labute approximate surface area is 131 Å². The zero-order chi connectivity index (χ0) is 14.9. The molecule has 20 heavy (non-hydrogen) atoms. The molecule has 3 heteroatoms. The number of phenols is 1. The van der Waals surface area contributed by atoms with E-state index in [-0.39, 0.29) is 0 Å². The predicted octanol–water partition coefficient (Wildman–Crippen LogP) is 3.97. The minimum atomic E-state index is 0.331. The predicted molar refractivity (Wildman–Crippen MR) is 89.5 cm³/mol. The van der Waals surface area contributed by atoms with Crippen LogP contribution in [0.3, 0.4) is 0 Å². The molecule has 1 N–H and O–H groups in total. The van der Waals surface area contributed by atoms with Crippen molar-refractivity contribution in [3.63, 3.8) is 0 Å². The number of benzene rings is 2. The number of hydrogen-bond donors (Lipinski definition) is 1. The van der Waals surface area contributed by atoms with Crippen molar-refractivity contribution in [2.24, 2.45) is 0 Å². The summed E-state index contributed by atoms with van der Waals surface area (Å²) in [5.41, 5.74) is 6.05. The molecule has 0 unspecified atom stereocenters. The zero-order valence-corrected chi connectivity index (χ0v) is 15.1. The van der Waals surface area contributed by atoms with Crippen molar-refractivity contribution < 1.29 is 5.11 Å². The van der Waals surface area contributed by atoms with Gasteiger partial charge >= 0.3 is 131 Å². The first-order valence-electron chi connectivity index (χ1n) is 6.61. The molecule has 0 aliphatic heterocycles. The fraction of sp³-hybridized carbons (Fsp3) is 0.294. The van der Waals surface area contributed by atoms with Gasteiger partial charge in [-0.25, -0.2) is 0 Å². The van der Waals surface area contributed by atoms with Crippen molar-refractivity contribution in [1.82, 2.24) is 0 Å². The van der Waals surface area contributed by atoms with E-state index in [1.165, 1.54) is 26.0 Å². The van der Waals surface area contributed by atoms with Gasteiger partial charge in [-0.15, -0.1) is 0 Å². The second-order valence-electron chi connectivity index (χ2n) is 5.25. The van der Waals surface area contributed by atoms with Crippen LogP contribution in [0.1, 0.15) is 27.8 Å². The molecule has 2 aromatic rings. The summed E-state index contributed by atoms with van der Waals surface area (Å²) >= 11 is 0.331. The van der Waals surface area contributed by atoms with Gasteiger partial charge in [0.25, 0.3) is 0 Å². The Balaban J connectivity index is 2.17. The molecule has 0 aromatic heterocycles. The first kappa shape index (κ1) is 15.5. The van der Waals surface area contributed by atoms with E-state index < -0.39 is 0 Å². The average molecular weight is 351 g/mol. The molecular weight excluding hydrogens is 331 g/mol. The van der Waals surface area contributed by atoms with Crippen LogP contribution in [-0.4, -0.2) is 18.9 Å². The third-order valence-corrected chi connectivity index (χ3v) is 7.74. The van der Waals surface area contributed by atoms with Crippen LogP contribution in [0.15, 0.2) is 29.2 Å². The molecule has 0 radical (unpaired) electrons. The SMILES string of the molecule is Cc1cc(S[Se]c2cc(C)c(O)c(C)c2)cc(C)c1C. The third-order valence-electron chi connectivity index (χ3n) is 3.60. The molecular formula is C17H20OSSe. The average Bonchev–Trinajstić information content (AvgIpc) is 2.39. The van der Waals surface area contributed by atoms with Crippen molar-refractivity contribution in [3.05, 3.63) is 52.1 Å². The Kier molecular flexibility index (Phi) is 4.85. The summed E-state index contributed by atoms with van der Waals surface area (Å²) in [6, 6.07) is 8.75. The van der Waals surface area contributed by atoms with Crippen LogP contribution in [0.4, 0.5) is 0 Å². The summed E-state index contributed by atoms with van der Waals surface area (Å²) in [5, 5.41) is 9.82. The number of phenolic OH excluding ortho intramolecular Hbond substituents is 1. The molecule has 0 spiro atoms. The summed E-state index contributed by atoms with van der Waals surface area (Å²) in [6.45, 7) is 10.5. The molecule has 0 amide bonds. The number of aromatic hydroxyl groups is 1. The summed E-state index contributed by atoms with van der Waals surface area (Å²) in [7, 11) is 1.91. The van der Waals surface area contributed by atoms with Crippen LogP contribution < -0.4 is 4.46 Å². The van der Waals surface area contributed by atoms with Crippen molar-refractivity contribution in [2.75, 3.05) is 0 Å². The summed E-state index contributed by atoms with van der Waals surface area (Å²) < 4.78 is 1.33. The van der Waals surface area contributed by atoms with E-state index in [9.17, 15) is 5.11 Å². The second-order valence-corrected chi connectivity index (χ2v) is 9.15. The minimum absolute atomic E-state index is 0.331. The molecule has 2 rings (SSSR count). The Morgan fingerprint density at radius 2 is 1.30 bits per heavy atom. The van der Waals surface area contributed by atoms with Gasteiger partial charge in [-0.3, -0.25) is 0 Å². The van der Waals surface area contributed by atoms with E-state index in [1.807, 2.05) is 24.0 Å². The topological polar surface area (TPSA) is 20.2 Å². The summed E-state index contributed by atoms with van der Waals surface area (Å²) in [4.78, 5) is 1.34. The van der Waals surface area contributed by atoms with E-state index >= 15 is 0 Å². The first-order valence-corrected chi connectivity index (χ1v) is 10.3. The summed E-state index contributed by atoms with van der Waals surface area (Å²) in [6.07, 6.45) is 0. The van der Waals surface area contributed by atoms with Crippen molar-refractivity contribution in [3.8, 4) is 5.75 Å². The van der Waals surface area contributed by atoms with E-state index in [0.717, 1.165) is 11.1 Å². The Bertz CT molecular complexity index is 546. The molecule has 0 saturated carbocycles. The molecule has 0 aliphatic carbocycles. The molecule has 0 fully saturated rings. The molecule has 2 aromatic carbocycles. The van der Waals surface area contributed by atoms with Crippen LogP contribution in [0.2, 0.25) is 0 Å². The monoisotopic (exact) mass is 352 g/mol. The van der Waals surface area contributed by atoms with E-state index in [4.69, 9.17) is 0 Å². The Hall–Kier alpha value is -0.891. The number of rotatable bonds is 3.